The molecule has 3 saturated heterocycles. The van der Waals surface area contributed by atoms with Crippen molar-refractivity contribution in [1.29, 1.82) is 0 Å². The van der Waals surface area contributed by atoms with Crippen LogP contribution in [-0.4, -0.2) is 61.8 Å². The van der Waals surface area contributed by atoms with Crippen LogP contribution in [0.1, 0.15) is 64.0 Å². The van der Waals surface area contributed by atoms with Gasteiger partial charge in [0.15, 0.2) is 11.5 Å². The highest BCUT2D eigenvalue weighted by Crippen LogP contribution is 2.45. The minimum atomic E-state index is -0.0872. The lowest BCUT2D eigenvalue weighted by Crippen LogP contribution is -2.61. The fourth-order valence-electron chi connectivity index (χ4n) is 7.10. The van der Waals surface area contributed by atoms with Gasteiger partial charge >= 0.3 is 6.03 Å². The molecule has 1 aromatic carbocycles. The minimum Gasteiger partial charge on any atom is -0.493 e. The van der Waals surface area contributed by atoms with Gasteiger partial charge in [-0.3, -0.25) is 4.90 Å². The van der Waals surface area contributed by atoms with E-state index in [9.17, 15) is 4.79 Å². The van der Waals surface area contributed by atoms with Crippen LogP contribution in [0.2, 0.25) is 0 Å². The molecule has 1 N–H and O–H groups in total. The van der Waals surface area contributed by atoms with E-state index in [0.29, 0.717) is 23.3 Å². The lowest BCUT2D eigenvalue weighted by atomic mass is 9.68. The summed E-state index contributed by atoms with van der Waals surface area (Å²) in [5.41, 5.74) is 2.58. The van der Waals surface area contributed by atoms with Crippen LogP contribution in [0.25, 0.3) is 0 Å². The number of urea groups is 1. The molecular weight excluding hydrogens is 426 g/mol. The van der Waals surface area contributed by atoms with Crippen molar-refractivity contribution < 1.29 is 14.3 Å². The molecule has 5 rings (SSSR count). The minimum absolute atomic E-state index is 0.0725. The third kappa shape index (κ3) is 4.30. The van der Waals surface area contributed by atoms with Crippen LogP contribution >= 0.6 is 0 Å². The number of piperidine rings is 3. The summed E-state index contributed by atoms with van der Waals surface area (Å²) in [6.45, 7) is 7.54. The molecule has 0 aromatic heterocycles. The second-order valence-electron chi connectivity index (χ2n) is 11.0. The van der Waals surface area contributed by atoms with E-state index in [1.165, 1.54) is 37.8 Å². The number of hydrogen-bond acceptors (Lipinski definition) is 4. The number of nitrogens with one attached hydrogen (secondary N) is 1. The van der Waals surface area contributed by atoms with Gasteiger partial charge in [-0.15, -0.1) is 0 Å². The molecule has 34 heavy (non-hydrogen) atoms. The van der Waals surface area contributed by atoms with Gasteiger partial charge in [0.05, 0.1) is 26.3 Å². The van der Waals surface area contributed by atoms with Crippen molar-refractivity contribution in [1.82, 2.24) is 15.1 Å². The standard InChI is InChI=1S/C28H41N3O3/c1-18(2)26(19-10-11-24(33-3)25(16-19)34-4)29-28(32)31-13-7-8-20-14-21-15-22(27(20)31)17-30-12-6-5-9-23(21)30/h10-11,14,16,18,21-23,26-27H,5-9,12-13,15,17H2,1-4H3,(H,29,32)/t21-,22-,23+,26?,27+/m1/s1. The summed E-state index contributed by atoms with van der Waals surface area (Å²) in [5, 5.41) is 3.40. The number of ether oxygens (including phenoxy) is 2. The van der Waals surface area contributed by atoms with E-state index < -0.39 is 0 Å². The summed E-state index contributed by atoms with van der Waals surface area (Å²) >= 11 is 0. The molecule has 1 unspecified atom stereocenters. The Labute approximate surface area is 204 Å². The first kappa shape index (κ1) is 23.5. The third-order valence-corrected chi connectivity index (χ3v) is 8.63. The van der Waals surface area contributed by atoms with Gasteiger partial charge in [0.25, 0.3) is 0 Å². The lowest BCUT2D eigenvalue weighted by Gasteiger charge is -2.54. The van der Waals surface area contributed by atoms with E-state index in [1.54, 1.807) is 14.2 Å². The summed E-state index contributed by atoms with van der Waals surface area (Å²) in [4.78, 5) is 18.7. The highest BCUT2D eigenvalue weighted by molar-refractivity contribution is 5.76. The number of nitrogens with zero attached hydrogens (tertiary/aromatic N) is 2. The number of carbonyl (C=O) groups excluding carboxylic acids is 1. The first-order valence-corrected chi connectivity index (χ1v) is 13.2. The Bertz CT molecular complexity index is 929. The van der Waals surface area contributed by atoms with Crippen molar-refractivity contribution in [3.8, 4) is 11.5 Å². The molecule has 4 aliphatic rings. The normalized spacial score (nSPS) is 29.6. The van der Waals surface area contributed by atoms with Gasteiger partial charge in [-0.1, -0.05) is 38.0 Å². The molecule has 5 atom stereocenters. The molecule has 0 radical (unpaired) electrons. The third-order valence-electron chi connectivity index (χ3n) is 8.63. The maximum atomic E-state index is 13.8. The number of fused-ring (bicyclic) bond motifs is 6. The van der Waals surface area contributed by atoms with Crippen LogP contribution in [0.5, 0.6) is 11.5 Å². The summed E-state index contributed by atoms with van der Waals surface area (Å²) in [6, 6.07) is 6.93. The largest absolute Gasteiger partial charge is 0.493 e. The zero-order valence-electron chi connectivity index (χ0n) is 21.3. The van der Waals surface area contributed by atoms with Crippen LogP contribution in [0, 0.1) is 17.8 Å². The predicted octanol–water partition coefficient (Wildman–Crippen LogP) is 5.01. The van der Waals surface area contributed by atoms with Gasteiger partial charge in [0, 0.05) is 19.1 Å². The Kier molecular flexibility index (Phi) is 6.79. The van der Waals surface area contributed by atoms with Crippen molar-refractivity contribution in [2.45, 2.75) is 70.5 Å². The van der Waals surface area contributed by atoms with Crippen LogP contribution < -0.4 is 14.8 Å². The Balaban J connectivity index is 1.37. The molecule has 3 heterocycles. The Morgan fingerprint density at radius 2 is 1.91 bits per heavy atom. The molecule has 3 aliphatic heterocycles. The summed E-state index contributed by atoms with van der Waals surface area (Å²) < 4.78 is 10.9. The van der Waals surface area contributed by atoms with Crippen LogP contribution in [0.4, 0.5) is 4.79 Å². The van der Waals surface area contributed by atoms with Gasteiger partial charge in [0.1, 0.15) is 0 Å². The summed E-state index contributed by atoms with van der Waals surface area (Å²) in [5.74, 6) is 2.89. The molecule has 0 spiro atoms. The first-order valence-electron chi connectivity index (χ1n) is 13.2. The van der Waals surface area contributed by atoms with Crippen LogP contribution in [0.15, 0.2) is 29.8 Å². The maximum absolute atomic E-state index is 13.8. The number of amides is 2. The number of hydrogen-bond donors (Lipinski definition) is 1. The van der Waals surface area contributed by atoms with E-state index in [4.69, 9.17) is 9.47 Å². The lowest BCUT2D eigenvalue weighted by molar-refractivity contribution is 0.00753. The Hall–Kier alpha value is -2.21. The Morgan fingerprint density at radius 1 is 1.09 bits per heavy atom. The van der Waals surface area contributed by atoms with E-state index in [0.717, 1.165) is 37.5 Å². The number of benzene rings is 1. The highest BCUT2D eigenvalue weighted by Gasteiger charge is 2.47. The predicted molar refractivity (Wildman–Crippen MR) is 134 cm³/mol. The smallest absolute Gasteiger partial charge is 0.318 e. The molecule has 2 amide bonds. The summed E-state index contributed by atoms with van der Waals surface area (Å²) in [6.07, 6.45) is 10.1. The zero-order chi connectivity index (χ0) is 23.8. The second kappa shape index (κ2) is 9.80. The van der Waals surface area contributed by atoms with Crippen molar-refractivity contribution in [3.63, 3.8) is 0 Å². The molecule has 2 bridgehead atoms. The number of carbonyl (C=O) groups is 1. The van der Waals surface area contributed by atoms with Crippen molar-refractivity contribution in [2.75, 3.05) is 33.9 Å². The average Bonchev–Trinajstić information content (AvgIpc) is 2.86. The fraction of sp³-hybridized carbons (Fsp3) is 0.679. The maximum Gasteiger partial charge on any atom is 0.318 e. The monoisotopic (exact) mass is 467 g/mol. The molecule has 3 fully saturated rings. The highest BCUT2D eigenvalue weighted by atomic mass is 16.5. The topological polar surface area (TPSA) is 54.0 Å². The van der Waals surface area contributed by atoms with E-state index in [-0.39, 0.29) is 24.0 Å². The van der Waals surface area contributed by atoms with Gasteiger partial charge in [-0.2, -0.15) is 0 Å². The van der Waals surface area contributed by atoms with E-state index >= 15 is 0 Å². The van der Waals surface area contributed by atoms with Crippen LogP contribution in [0.3, 0.4) is 0 Å². The van der Waals surface area contributed by atoms with Crippen molar-refractivity contribution in [2.24, 2.45) is 17.8 Å². The van der Waals surface area contributed by atoms with Gasteiger partial charge in [-0.25, -0.2) is 4.79 Å². The number of rotatable bonds is 5. The molecular formula is C28H41N3O3. The second-order valence-corrected chi connectivity index (χ2v) is 11.0. The number of methoxy groups -OCH3 is 2. The quantitative estimate of drug-likeness (QED) is 0.619. The van der Waals surface area contributed by atoms with Gasteiger partial charge in [-0.05, 0) is 74.1 Å². The molecule has 186 valence electrons. The Morgan fingerprint density at radius 3 is 2.68 bits per heavy atom. The van der Waals surface area contributed by atoms with Crippen LogP contribution in [-0.2, 0) is 0 Å². The molecule has 1 aliphatic carbocycles. The first-order chi connectivity index (χ1) is 16.5. The van der Waals surface area contributed by atoms with E-state index in [1.807, 2.05) is 18.2 Å². The molecule has 6 nitrogen and oxygen atoms in total. The average molecular weight is 468 g/mol. The van der Waals surface area contributed by atoms with E-state index in [2.05, 4.69) is 35.0 Å². The molecule has 1 aromatic rings. The number of likely N-dealkylation sites (tertiary alicyclic amines) is 1. The SMILES string of the molecule is COc1ccc(C(NC(=O)N2CCCC3=C[C@@H]4C[C@H](CN5CCCC[C@@H]45)[C@H]32)C(C)C)cc1OC. The van der Waals surface area contributed by atoms with Crippen molar-refractivity contribution in [3.05, 3.63) is 35.4 Å². The zero-order valence-corrected chi connectivity index (χ0v) is 21.3. The van der Waals surface area contributed by atoms with Crippen molar-refractivity contribution >= 4 is 6.03 Å². The molecule has 6 heteroatoms. The van der Waals surface area contributed by atoms with Gasteiger partial charge < -0.3 is 19.7 Å². The van der Waals surface area contributed by atoms with Gasteiger partial charge in [0.2, 0.25) is 0 Å². The molecule has 0 saturated carbocycles. The summed E-state index contributed by atoms with van der Waals surface area (Å²) in [7, 11) is 3.30. The fourth-order valence-corrected chi connectivity index (χ4v) is 7.10.